The van der Waals surface area contributed by atoms with Crippen LogP contribution in [0.15, 0.2) is 55.1 Å². The summed E-state index contributed by atoms with van der Waals surface area (Å²) in [5.74, 6) is 0.893. The van der Waals surface area contributed by atoms with Gasteiger partial charge in [0.15, 0.2) is 0 Å². The van der Waals surface area contributed by atoms with Gasteiger partial charge in [0.25, 0.3) is 5.91 Å². The SMILES string of the molecule is C=CCN1CCC2CCC(C1)N2Cc1ccc(C(=O)NC2CCCCCC2)cc1-c1cccc(OC)c1. The Labute approximate surface area is 222 Å². The predicted molar refractivity (Wildman–Crippen MR) is 151 cm³/mol. The lowest BCUT2D eigenvalue weighted by Crippen LogP contribution is -2.39. The highest BCUT2D eigenvalue weighted by atomic mass is 16.5. The van der Waals surface area contributed by atoms with Gasteiger partial charge in [-0.05, 0) is 73.1 Å². The fourth-order valence-electron chi connectivity index (χ4n) is 6.65. The highest BCUT2D eigenvalue weighted by Gasteiger charge is 2.37. The van der Waals surface area contributed by atoms with Crippen molar-refractivity contribution in [3.8, 4) is 16.9 Å². The van der Waals surface area contributed by atoms with E-state index in [1.54, 1.807) is 7.11 Å². The molecular weight excluding hydrogens is 458 g/mol. The number of fused-ring (bicyclic) bond motifs is 2. The molecule has 5 heteroatoms. The van der Waals surface area contributed by atoms with Crippen LogP contribution in [0.3, 0.4) is 0 Å². The van der Waals surface area contributed by atoms with Crippen LogP contribution in [0.4, 0.5) is 0 Å². The van der Waals surface area contributed by atoms with Crippen molar-refractivity contribution in [3.63, 3.8) is 0 Å². The first-order valence-electron chi connectivity index (χ1n) is 14.3. The summed E-state index contributed by atoms with van der Waals surface area (Å²) < 4.78 is 5.55. The topological polar surface area (TPSA) is 44.8 Å². The van der Waals surface area contributed by atoms with Crippen LogP contribution in [0, 0.1) is 0 Å². The zero-order valence-electron chi connectivity index (χ0n) is 22.5. The van der Waals surface area contributed by atoms with Gasteiger partial charge in [-0.3, -0.25) is 14.6 Å². The lowest BCUT2D eigenvalue weighted by molar-refractivity contribution is 0.0933. The standard InChI is InChI=1S/C32H43N3O2/c1-3-18-34-19-17-28-15-16-29(23-34)35(28)22-26-14-13-25(32(36)33-27-10-6-4-5-7-11-27)21-31(26)24-9-8-12-30(20-24)37-2/h3,8-9,12-14,20-21,27-29H,1,4-7,10-11,15-19,22-23H2,2H3,(H,33,36). The molecule has 2 aromatic rings. The summed E-state index contributed by atoms with van der Waals surface area (Å²) >= 11 is 0. The third kappa shape index (κ3) is 6.27. The summed E-state index contributed by atoms with van der Waals surface area (Å²) in [7, 11) is 1.71. The summed E-state index contributed by atoms with van der Waals surface area (Å²) in [5, 5.41) is 3.34. The first-order chi connectivity index (χ1) is 18.1. The second kappa shape index (κ2) is 12.3. The van der Waals surface area contributed by atoms with Gasteiger partial charge < -0.3 is 10.1 Å². The molecule has 2 unspecified atom stereocenters. The largest absolute Gasteiger partial charge is 0.497 e. The van der Waals surface area contributed by atoms with Gasteiger partial charge in [-0.15, -0.1) is 6.58 Å². The van der Waals surface area contributed by atoms with Crippen LogP contribution in [0.2, 0.25) is 0 Å². The van der Waals surface area contributed by atoms with Gasteiger partial charge in [-0.25, -0.2) is 0 Å². The number of benzene rings is 2. The number of hydrogen-bond donors (Lipinski definition) is 1. The Bertz CT molecular complexity index is 1080. The summed E-state index contributed by atoms with van der Waals surface area (Å²) in [5.41, 5.74) is 4.28. The van der Waals surface area contributed by atoms with E-state index in [2.05, 4.69) is 46.0 Å². The fourth-order valence-corrected chi connectivity index (χ4v) is 6.65. The van der Waals surface area contributed by atoms with Crippen molar-refractivity contribution >= 4 is 5.91 Å². The number of ether oxygens (including phenoxy) is 1. The number of carbonyl (C=O) groups is 1. The van der Waals surface area contributed by atoms with Crippen LogP contribution in [0.25, 0.3) is 11.1 Å². The van der Waals surface area contributed by atoms with Gasteiger partial charge in [-0.1, -0.05) is 50.0 Å². The van der Waals surface area contributed by atoms with Crippen LogP contribution in [0.1, 0.15) is 73.7 Å². The smallest absolute Gasteiger partial charge is 0.251 e. The molecule has 1 N–H and O–H groups in total. The minimum atomic E-state index is 0.0532. The Kier molecular flexibility index (Phi) is 8.62. The van der Waals surface area contributed by atoms with Gasteiger partial charge in [0.05, 0.1) is 7.11 Å². The molecule has 2 atom stereocenters. The number of nitrogens with zero attached hydrogens (tertiary/aromatic N) is 2. The molecule has 0 spiro atoms. The molecule has 0 radical (unpaired) electrons. The van der Waals surface area contributed by atoms with Gasteiger partial charge in [0.2, 0.25) is 0 Å². The molecule has 198 valence electrons. The Balaban J connectivity index is 1.42. The monoisotopic (exact) mass is 501 g/mol. The molecule has 0 aromatic heterocycles. The molecule has 3 fully saturated rings. The van der Waals surface area contributed by atoms with E-state index in [0.29, 0.717) is 18.1 Å². The quantitative estimate of drug-likeness (QED) is 0.354. The lowest BCUT2D eigenvalue weighted by Gasteiger charge is -2.29. The van der Waals surface area contributed by atoms with E-state index in [-0.39, 0.29) is 5.91 Å². The minimum absolute atomic E-state index is 0.0532. The van der Waals surface area contributed by atoms with E-state index in [1.807, 2.05) is 24.3 Å². The molecule has 1 amide bonds. The number of likely N-dealkylation sites (tertiary alicyclic amines) is 1. The maximum absolute atomic E-state index is 13.3. The number of rotatable bonds is 8. The zero-order valence-corrected chi connectivity index (χ0v) is 22.5. The summed E-state index contributed by atoms with van der Waals surface area (Å²) in [6.45, 7) is 8.09. The van der Waals surface area contributed by atoms with Crippen molar-refractivity contribution in [2.24, 2.45) is 0 Å². The van der Waals surface area contributed by atoms with Crippen molar-refractivity contribution in [1.82, 2.24) is 15.1 Å². The lowest BCUT2D eigenvalue weighted by atomic mass is 9.95. The van der Waals surface area contributed by atoms with Crippen molar-refractivity contribution in [2.75, 3.05) is 26.7 Å². The number of amides is 1. The van der Waals surface area contributed by atoms with Crippen molar-refractivity contribution in [3.05, 3.63) is 66.2 Å². The first kappa shape index (κ1) is 26.0. The molecule has 1 saturated carbocycles. The van der Waals surface area contributed by atoms with E-state index in [1.165, 1.54) is 50.5 Å². The molecule has 2 aromatic carbocycles. The Morgan fingerprint density at radius 1 is 1.03 bits per heavy atom. The Hall–Kier alpha value is -2.63. The maximum atomic E-state index is 13.3. The molecule has 3 aliphatic rings. The van der Waals surface area contributed by atoms with Gasteiger partial charge >= 0.3 is 0 Å². The molecule has 37 heavy (non-hydrogen) atoms. The Morgan fingerprint density at radius 2 is 1.84 bits per heavy atom. The number of hydrogen-bond acceptors (Lipinski definition) is 4. The van der Waals surface area contributed by atoms with Gasteiger partial charge in [0.1, 0.15) is 5.75 Å². The molecule has 2 aliphatic heterocycles. The van der Waals surface area contributed by atoms with E-state index >= 15 is 0 Å². The summed E-state index contributed by atoms with van der Waals surface area (Å²) in [4.78, 5) is 18.6. The molecule has 5 nitrogen and oxygen atoms in total. The summed E-state index contributed by atoms with van der Waals surface area (Å²) in [6, 6.07) is 16.1. The highest BCUT2D eigenvalue weighted by molar-refractivity contribution is 5.96. The Morgan fingerprint density at radius 3 is 2.62 bits per heavy atom. The molecule has 1 aliphatic carbocycles. The molecule has 2 saturated heterocycles. The average molecular weight is 502 g/mol. The van der Waals surface area contributed by atoms with Crippen LogP contribution in [-0.4, -0.2) is 60.6 Å². The second-order valence-electron chi connectivity index (χ2n) is 11.2. The average Bonchev–Trinajstić information content (AvgIpc) is 3.04. The van der Waals surface area contributed by atoms with Gasteiger partial charge in [-0.2, -0.15) is 0 Å². The maximum Gasteiger partial charge on any atom is 0.251 e. The molecular formula is C32H43N3O2. The molecule has 2 heterocycles. The predicted octanol–water partition coefficient (Wildman–Crippen LogP) is 6.04. The van der Waals surface area contributed by atoms with E-state index in [4.69, 9.17) is 4.74 Å². The van der Waals surface area contributed by atoms with Crippen LogP contribution < -0.4 is 10.1 Å². The third-order valence-corrected chi connectivity index (χ3v) is 8.70. The summed E-state index contributed by atoms with van der Waals surface area (Å²) in [6.07, 6.45) is 12.9. The first-order valence-corrected chi connectivity index (χ1v) is 14.3. The van der Waals surface area contributed by atoms with Crippen LogP contribution in [-0.2, 0) is 6.54 Å². The van der Waals surface area contributed by atoms with E-state index in [0.717, 1.165) is 61.5 Å². The second-order valence-corrected chi connectivity index (χ2v) is 11.2. The minimum Gasteiger partial charge on any atom is -0.497 e. The van der Waals surface area contributed by atoms with Crippen molar-refractivity contribution in [1.29, 1.82) is 0 Å². The van der Waals surface area contributed by atoms with Gasteiger partial charge in [0, 0.05) is 49.9 Å². The third-order valence-electron chi connectivity index (χ3n) is 8.70. The fraction of sp³-hybridized carbons (Fsp3) is 0.531. The van der Waals surface area contributed by atoms with Crippen LogP contribution >= 0.6 is 0 Å². The molecule has 2 bridgehead atoms. The normalized spacial score (nSPS) is 23.3. The number of carbonyl (C=O) groups excluding carboxylic acids is 1. The van der Waals surface area contributed by atoms with Crippen LogP contribution in [0.5, 0.6) is 5.75 Å². The highest BCUT2D eigenvalue weighted by Crippen LogP contribution is 2.35. The van der Waals surface area contributed by atoms with E-state index in [9.17, 15) is 4.79 Å². The van der Waals surface area contributed by atoms with Crippen molar-refractivity contribution in [2.45, 2.75) is 82.5 Å². The molecule has 5 rings (SSSR count). The zero-order chi connectivity index (χ0) is 25.6. The number of methoxy groups -OCH3 is 1. The number of nitrogens with one attached hydrogen (secondary N) is 1. The van der Waals surface area contributed by atoms with Crippen molar-refractivity contribution < 1.29 is 9.53 Å². The van der Waals surface area contributed by atoms with E-state index < -0.39 is 0 Å².